The third kappa shape index (κ3) is 42.4. The van der Waals surface area contributed by atoms with Crippen LogP contribution in [0.3, 0.4) is 0 Å². The van der Waals surface area contributed by atoms with Gasteiger partial charge in [-0.15, -0.1) is 0 Å². The standard InChI is InChI=1S/3C9H21N3.2CHF3O3S.3Cu.S2/c3*1-10-4-6-11(2)8-9-12(3)7-5-10;2*2-1(3,4)8(5,6)7;;;;1-2/h3*4-9H2,1-3H3;2*(H,5,6,7);;;;/q;;;;;2*+1;+2;-2/p-2. The fraction of sp³-hybridized carbons (Fsp3) is 1.00. The molecule has 3 saturated heterocycles. The van der Waals surface area contributed by atoms with Crippen molar-refractivity contribution >= 4 is 43.6 Å². The second-order valence-corrected chi connectivity index (χ2v) is 16.3. The maximum Gasteiger partial charge on any atom is 2.00 e. The molecule has 3 aliphatic heterocycles. The van der Waals surface area contributed by atoms with Gasteiger partial charge in [-0.3, -0.25) is 0 Å². The number of likely N-dealkylation sites (N-methyl/N-ethyl adjacent to an activating group) is 9. The molecule has 0 aliphatic carbocycles. The van der Waals surface area contributed by atoms with Crippen LogP contribution in [0.4, 0.5) is 26.3 Å². The van der Waals surface area contributed by atoms with E-state index in [0.717, 1.165) is 0 Å². The first kappa shape index (κ1) is 70.0. The molecule has 0 unspecified atom stereocenters. The zero-order valence-corrected chi connectivity index (χ0v) is 40.1. The van der Waals surface area contributed by atoms with Crippen molar-refractivity contribution in [2.24, 2.45) is 0 Å². The Kier molecular flexibility index (Phi) is 45.1. The van der Waals surface area contributed by atoms with Gasteiger partial charge >= 0.3 is 62.2 Å². The van der Waals surface area contributed by atoms with E-state index in [2.05, 4.69) is 131 Å². The maximum atomic E-state index is 10.7. The summed E-state index contributed by atoms with van der Waals surface area (Å²) >= 11 is 7.33. The number of hydrogen-bond donors (Lipinski definition) is 0. The fourth-order valence-corrected chi connectivity index (χ4v) is 4.08. The molecule has 3 aliphatic rings. The normalized spacial score (nSPS) is 20.6. The van der Waals surface area contributed by atoms with Crippen LogP contribution < -0.4 is 0 Å². The maximum absolute atomic E-state index is 10.7. The molecule has 3 fully saturated rings. The average Bonchev–Trinajstić information content (AvgIpc) is 3.22. The number of nitrogens with zero attached hydrogens (tertiary/aromatic N) is 9. The van der Waals surface area contributed by atoms with Gasteiger partial charge in [0, 0.05) is 118 Å². The smallest absolute Gasteiger partial charge is 1.00 e. The Labute approximate surface area is 381 Å². The van der Waals surface area contributed by atoms with E-state index in [-0.39, 0.29) is 51.2 Å². The van der Waals surface area contributed by atoms with Crippen LogP contribution in [0.2, 0.25) is 0 Å². The molecule has 0 aromatic carbocycles. The van der Waals surface area contributed by atoms with E-state index in [9.17, 15) is 26.3 Å². The van der Waals surface area contributed by atoms with Crippen LogP contribution >= 0.6 is 0 Å². The quantitative estimate of drug-likeness (QED) is 0.0767. The summed E-state index contributed by atoms with van der Waals surface area (Å²) in [6, 6.07) is 0. The summed E-state index contributed by atoms with van der Waals surface area (Å²) in [6.07, 6.45) is 0. The van der Waals surface area contributed by atoms with Crippen LogP contribution in [0.5, 0.6) is 0 Å². The molecule has 1 radical (unpaired) electrons. The molecular weight excluding hydrogens is 1000 g/mol. The summed E-state index contributed by atoms with van der Waals surface area (Å²) in [5.74, 6) is 0. The summed E-state index contributed by atoms with van der Waals surface area (Å²) in [7, 11) is 7.63. The molecule has 0 spiro atoms. The molecule has 57 heavy (non-hydrogen) atoms. The zero-order valence-electron chi connectivity index (χ0n) is 34.0. The van der Waals surface area contributed by atoms with Crippen molar-refractivity contribution in [1.82, 2.24) is 44.1 Å². The monoisotopic (exact) mass is 1060 g/mol. The Morgan fingerprint density at radius 2 is 0.404 bits per heavy atom. The van der Waals surface area contributed by atoms with Crippen molar-refractivity contribution in [3.63, 3.8) is 0 Å². The van der Waals surface area contributed by atoms with Crippen molar-refractivity contribution in [3.8, 4) is 0 Å². The molecule has 0 amide bonds. The second-order valence-electron chi connectivity index (χ2n) is 13.5. The fourth-order valence-electron chi connectivity index (χ4n) is 4.08. The minimum absolute atomic E-state index is 0. The van der Waals surface area contributed by atoms with Gasteiger partial charge in [-0.25, -0.2) is 16.8 Å². The van der Waals surface area contributed by atoms with Gasteiger partial charge in [0.1, 0.15) is 0 Å². The Morgan fingerprint density at radius 1 is 0.351 bits per heavy atom. The third-order valence-electron chi connectivity index (χ3n) is 8.34. The number of rotatable bonds is 0. The average molecular weight is 1070 g/mol. The molecule has 0 saturated carbocycles. The molecule has 0 aromatic heterocycles. The summed E-state index contributed by atoms with van der Waals surface area (Å²) in [4.78, 5) is 21.6. The van der Waals surface area contributed by atoms with Crippen LogP contribution in [0.15, 0.2) is 0 Å². The minimum Gasteiger partial charge on any atom is -1.00 e. The van der Waals surface area contributed by atoms with Crippen molar-refractivity contribution in [3.05, 3.63) is 0 Å². The van der Waals surface area contributed by atoms with Gasteiger partial charge in [-0.05, 0) is 63.4 Å². The van der Waals surface area contributed by atoms with Crippen molar-refractivity contribution in [2.45, 2.75) is 11.0 Å². The number of hydrogen-bond acceptors (Lipinski definition) is 17. The van der Waals surface area contributed by atoms with Crippen molar-refractivity contribution in [2.75, 3.05) is 181 Å². The molecule has 359 valence electrons. The minimum atomic E-state index is -6.09. The van der Waals surface area contributed by atoms with Crippen LogP contribution in [0.1, 0.15) is 0 Å². The second kappa shape index (κ2) is 36.7. The Bertz CT molecular complexity index is 949. The first-order valence-electron chi connectivity index (χ1n) is 16.9. The van der Waals surface area contributed by atoms with Gasteiger partial charge in [0.2, 0.25) is 0 Å². The molecule has 3 rings (SSSR count). The molecule has 0 N–H and O–H groups in total. The van der Waals surface area contributed by atoms with Crippen molar-refractivity contribution in [1.29, 1.82) is 0 Å². The number of halogens is 6. The Balaban J connectivity index is -0.000000141. The van der Waals surface area contributed by atoms with Crippen LogP contribution in [0.25, 0.3) is 0 Å². The van der Waals surface area contributed by atoms with Crippen LogP contribution in [-0.2, 0) is 94.8 Å². The van der Waals surface area contributed by atoms with Crippen LogP contribution in [-0.4, -0.2) is 262 Å². The molecule has 15 nitrogen and oxygen atoms in total. The first-order valence-corrected chi connectivity index (χ1v) is 21.1. The summed E-state index contributed by atoms with van der Waals surface area (Å²) in [6.45, 7) is 21.6. The van der Waals surface area contributed by atoms with E-state index in [1.165, 1.54) is 118 Å². The van der Waals surface area contributed by atoms with E-state index in [0.29, 0.717) is 0 Å². The van der Waals surface area contributed by atoms with Gasteiger partial charge in [-0.2, -0.15) is 26.3 Å². The van der Waals surface area contributed by atoms with Gasteiger partial charge in [0.05, 0.1) is 0 Å². The summed E-state index contributed by atoms with van der Waals surface area (Å²) in [5, 5.41) is 0. The van der Waals surface area contributed by atoms with Gasteiger partial charge in [0.25, 0.3) is 0 Å². The summed E-state index contributed by atoms with van der Waals surface area (Å²) < 4.78 is 118. The van der Waals surface area contributed by atoms with E-state index in [1.54, 1.807) is 0 Å². The molecule has 0 aromatic rings. The van der Waals surface area contributed by atoms with E-state index in [4.69, 9.17) is 25.9 Å². The zero-order chi connectivity index (χ0) is 42.9. The van der Waals surface area contributed by atoms with Gasteiger partial charge < -0.3 is 76.5 Å². The molecule has 0 bridgehead atoms. The largest absolute Gasteiger partial charge is 2.00 e. The Morgan fingerprint density at radius 3 is 0.439 bits per heavy atom. The van der Waals surface area contributed by atoms with Gasteiger partial charge in [0.15, 0.2) is 20.2 Å². The molecule has 0 atom stereocenters. The van der Waals surface area contributed by atoms with Gasteiger partial charge in [-0.1, -0.05) is 0 Å². The van der Waals surface area contributed by atoms with E-state index >= 15 is 0 Å². The first-order chi connectivity index (χ1) is 24.5. The third-order valence-corrected chi connectivity index (χ3v) is 9.47. The molecule has 3 heterocycles. The number of alkyl halides is 6. The Hall–Kier alpha value is 1.30. The topological polar surface area (TPSA) is 144 Å². The molecule has 28 heteroatoms. The van der Waals surface area contributed by atoms with E-state index < -0.39 is 31.3 Å². The van der Waals surface area contributed by atoms with Crippen molar-refractivity contribution < 1.29 is 103 Å². The predicted molar refractivity (Wildman–Crippen MR) is 204 cm³/mol. The predicted octanol–water partition coefficient (Wildman–Crippen LogP) is -0.523. The van der Waals surface area contributed by atoms with Crippen LogP contribution in [0, 0.1) is 0 Å². The van der Waals surface area contributed by atoms with E-state index in [1.807, 2.05) is 0 Å². The summed E-state index contributed by atoms with van der Waals surface area (Å²) in [5.41, 5.74) is -11.3. The molecular formula is C29H63Cu3F6N9O6S4. The SMILES string of the molecule is CN1CCN(C)CCN(C)CC1.CN1CCN(C)CCN(C)CC1.CN1CCN(C)CCN(C)CC1.O=S(=O)([O-])C(F)(F)F.O=S(=O)([O-])C(F)(F)F.[Cu+2].[Cu+].[Cu+].[S-][S-].